The molecule has 0 fully saturated rings. The molecule has 0 aliphatic carbocycles. The number of thiophene rings is 1. The molecule has 118 valence electrons. The number of hydrogen-bond donors (Lipinski definition) is 1. The summed E-state index contributed by atoms with van der Waals surface area (Å²) >= 11 is 0.748. The van der Waals surface area contributed by atoms with E-state index < -0.39 is 24.5 Å². The summed E-state index contributed by atoms with van der Waals surface area (Å²) in [5.74, 6) is -1.27. The van der Waals surface area contributed by atoms with Crippen LogP contribution in [0, 0.1) is 0 Å². The van der Waals surface area contributed by atoms with Crippen molar-refractivity contribution in [2.24, 2.45) is 0 Å². The molecule has 0 aromatic carbocycles. The number of ether oxygens (including phenoxy) is 1. The molecule has 9 heteroatoms. The Morgan fingerprint density at radius 1 is 1.38 bits per heavy atom. The number of anilines is 2. The lowest BCUT2D eigenvalue weighted by atomic mass is 10.2. The summed E-state index contributed by atoms with van der Waals surface area (Å²) in [6, 6.07) is 0. The minimum Gasteiger partial charge on any atom is -0.462 e. The lowest BCUT2D eigenvalue weighted by Gasteiger charge is -2.20. The second kappa shape index (κ2) is 6.33. The number of alkyl halides is 3. The Morgan fingerprint density at radius 2 is 1.95 bits per heavy atom. The Kier molecular flexibility index (Phi) is 5.21. The lowest BCUT2D eigenvalue weighted by Crippen LogP contribution is -2.31. The third-order valence-electron chi connectivity index (χ3n) is 2.49. The van der Waals surface area contributed by atoms with E-state index in [9.17, 15) is 22.8 Å². The fourth-order valence-corrected chi connectivity index (χ4v) is 2.77. The van der Waals surface area contributed by atoms with Gasteiger partial charge in [-0.2, -0.15) is 13.2 Å². The van der Waals surface area contributed by atoms with Gasteiger partial charge >= 0.3 is 12.1 Å². The Hall–Kier alpha value is -1.77. The molecule has 2 N–H and O–H groups in total. The highest BCUT2D eigenvalue weighted by Gasteiger charge is 2.33. The Morgan fingerprint density at radius 3 is 2.38 bits per heavy atom. The molecular formula is C12H15F3N2O3S. The maximum absolute atomic E-state index is 12.5. The predicted octanol–water partition coefficient (Wildman–Crippen LogP) is 2.71. The first-order valence-electron chi connectivity index (χ1n) is 5.96. The molecule has 0 atom stereocenters. The molecule has 0 radical (unpaired) electrons. The minimum atomic E-state index is -4.45. The van der Waals surface area contributed by atoms with Gasteiger partial charge in [-0.05, 0) is 6.92 Å². The third kappa shape index (κ3) is 4.10. The quantitative estimate of drug-likeness (QED) is 0.666. The van der Waals surface area contributed by atoms with Crippen LogP contribution >= 0.6 is 11.3 Å². The van der Waals surface area contributed by atoms with Crippen LogP contribution in [-0.2, 0) is 4.74 Å². The molecule has 1 heterocycles. The van der Waals surface area contributed by atoms with Crippen LogP contribution in [0.4, 0.5) is 23.9 Å². The van der Waals surface area contributed by atoms with Gasteiger partial charge in [0, 0.05) is 14.0 Å². The van der Waals surface area contributed by atoms with Crippen molar-refractivity contribution < 1.29 is 27.5 Å². The van der Waals surface area contributed by atoms with Crippen molar-refractivity contribution in [1.82, 2.24) is 0 Å². The van der Waals surface area contributed by atoms with Crippen LogP contribution in [0.3, 0.4) is 0 Å². The van der Waals surface area contributed by atoms with E-state index in [0.717, 1.165) is 16.2 Å². The van der Waals surface area contributed by atoms with E-state index in [4.69, 9.17) is 10.5 Å². The minimum absolute atomic E-state index is 0.0338. The van der Waals surface area contributed by atoms with Gasteiger partial charge in [0.15, 0.2) is 5.78 Å². The molecule has 0 bridgehead atoms. The molecule has 0 aliphatic rings. The van der Waals surface area contributed by atoms with Crippen LogP contribution < -0.4 is 10.6 Å². The van der Waals surface area contributed by atoms with E-state index in [-0.39, 0.29) is 27.7 Å². The van der Waals surface area contributed by atoms with Crippen molar-refractivity contribution in [3.05, 3.63) is 10.4 Å². The lowest BCUT2D eigenvalue weighted by molar-refractivity contribution is -0.119. The summed E-state index contributed by atoms with van der Waals surface area (Å²) < 4.78 is 42.3. The topological polar surface area (TPSA) is 72.6 Å². The molecule has 0 spiro atoms. The van der Waals surface area contributed by atoms with Crippen molar-refractivity contribution in [3.8, 4) is 0 Å². The van der Waals surface area contributed by atoms with Gasteiger partial charge in [-0.3, -0.25) is 4.79 Å². The van der Waals surface area contributed by atoms with Gasteiger partial charge in [0.05, 0.1) is 17.2 Å². The molecular weight excluding hydrogens is 309 g/mol. The molecule has 0 aliphatic heterocycles. The van der Waals surface area contributed by atoms with Gasteiger partial charge in [0.1, 0.15) is 17.1 Å². The zero-order valence-corrected chi connectivity index (χ0v) is 12.5. The van der Waals surface area contributed by atoms with Gasteiger partial charge in [0.2, 0.25) is 0 Å². The molecule has 5 nitrogen and oxygen atoms in total. The molecule has 21 heavy (non-hydrogen) atoms. The van der Waals surface area contributed by atoms with Gasteiger partial charge in [-0.25, -0.2) is 4.79 Å². The number of hydrogen-bond acceptors (Lipinski definition) is 6. The summed E-state index contributed by atoms with van der Waals surface area (Å²) in [6.07, 6.45) is -4.45. The SMILES string of the molecule is CCOC(=O)c1c(N(C)CC(F)(F)F)sc(C(C)=O)c1N. The van der Waals surface area contributed by atoms with Crippen LogP contribution in [0.5, 0.6) is 0 Å². The molecule has 1 aromatic heterocycles. The number of esters is 1. The Labute approximate surface area is 123 Å². The van der Waals surface area contributed by atoms with E-state index in [1.165, 1.54) is 14.0 Å². The van der Waals surface area contributed by atoms with Crippen LogP contribution in [0.15, 0.2) is 0 Å². The normalized spacial score (nSPS) is 11.3. The molecule has 0 saturated heterocycles. The standard InChI is InChI=1S/C12H15F3N2O3S/c1-4-20-11(19)7-8(16)9(6(2)18)21-10(7)17(3)5-12(13,14)15/h4-5,16H2,1-3H3. The van der Waals surface area contributed by atoms with Crippen LogP contribution in [0.2, 0.25) is 0 Å². The number of halogens is 3. The molecule has 0 saturated carbocycles. The van der Waals surface area contributed by atoms with Crippen molar-refractivity contribution in [2.45, 2.75) is 20.0 Å². The highest BCUT2D eigenvalue weighted by atomic mass is 32.1. The zero-order valence-electron chi connectivity index (χ0n) is 11.7. The average Bonchev–Trinajstić information content (AvgIpc) is 2.65. The summed E-state index contributed by atoms with van der Waals surface area (Å²) in [7, 11) is 1.17. The second-order valence-corrected chi connectivity index (χ2v) is 5.27. The predicted molar refractivity (Wildman–Crippen MR) is 74.0 cm³/mol. The highest BCUT2D eigenvalue weighted by Crippen LogP contribution is 2.39. The fourth-order valence-electron chi connectivity index (χ4n) is 1.70. The van der Waals surface area contributed by atoms with E-state index in [1.807, 2.05) is 0 Å². The van der Waals surface area contributed by atoms with Crippen LogP contribution in [0.25, 0.3) is 0 Å². The monoisotopic (exact) mass is 324 g/mol. The van der Waals surface area contributed by atoms with Crippen molar-refractivity contribution in [3.63, 3.8) is 0 Å². The number of nitrogens with zero attached hydrogens (tertiary/aromatic N) is 1. The number of nitrogens with two attached hydrogens (primary N) is 1. The zero-order chi connectivity index (χ0) is 16.4. The van der Waals surface area contributed by atoms with E-state index in [0.29, 0.717) is 0 Å². The first-order valence-corrected chi connectivity index (χ1v) is 6.78. The smallest absolute Gasteiger partial charge is 0.405 e. The van der Waals surface area contributed by atoms with Crippen molar-refractivity contribution in [1.29, 1.82) is 0 Å². The number of carbonyl (C=O) groups is 2. The Bertz CT molecular complexity index is 555. The average molecular weight is 324 g/mol. The second-order valence-electron chi connectivity index (χ2n) is 4.27. The highest BCUT2D eigenvalue weighted by molar-refractivity contribution is 7.19. The number of carbonyl (C=O) groups excluding carboxylic acids is 2. The largest absolute Gasteiger partial charge is 0.462 e. The van der Waals surface area contributed by atoms with Gasteiger partial charge < -0.3 is 15.4 Å². The van der Waals surface area contributed by atoms with Crippen molar-refractivity contribution in [2.75, 3.05) is 30.8 Å². The van der Waals surface area contributed by atoms with E-state index in [1.54, 1.807) is 6.92 Å². The number of nitrogen functional groups attached to an aromatic ring is 1. The van der Waals surface area contributed by atoms with Crippen LogP contribution in [-0.4, -0.2) is 38.1 Å². The molecule has 0 unspecified atom stereocenters. The van der Waals surface area contributed by atoms with Crippen LogP contribution in [0.1, 0.15) is 33.9 Å². The molecule has 1 rings (SSSR count). The third-order valence-corrected chi connectivity index (χ3v) is 3.91. The summed E-state index contributed by atoms with van der Waals surface area (Å²) in [4.78, 5) is 24.2. The van der Waals surface area contributed by atoms with E-state index >= 15 is 0 Å². The fraction of sp³-hybridized carbons (Fsp3) is 0.500. The first kappa shape index (κ1) is 17.3. The van der Waals surface area contributed by atoms with Gasteiger partial charge in [-0.15, -0.1) is 11.3 Å². The summed E-state index contributed by atoms with van der Waals surface area (Å²) in [5.41, 5.74) is 5.38. The molecule has 1 aromatic rings. The number of Topliss-reactive ketones (excluding diaryl/α,β-unsaturated/α-hetero) is 1. The van der Waals surface area contributed by atoms with Gasteiger partial charge in [-0.1, -0.05) is 0 Å². The maximum Gasteiger partial charge on any atom is 0.405 e. The number of rotatable bonds is 5. The van der Waals surface area contributed by atoms with Crippen molar-refractivity contribution >= 4 is 33.8 Å². The number of ketones is 1. The molecule has 0 amide bonds. The first-order chi connectivity index (χ1) is 9.58. The van der Waals surface area contributed by atoms with Gasteiger partial charge in [0.25, 0.3) is 0 Å². The summed E-state index contributed by atoms with van der Waals surface area (Å²) in [6.45, 7) is 1.57. The van der Waals surface area contributed by atoms with E-state index in [2.05, 4.69) is 0 Å². The summed E-state index contributed by atoms with van der Waals surface area (Å²) in [5, 5.41) is -0.0338. The Balaban J connectivity index is 3.32. The maximum atomic E-state index is 12.5.